The van der Waals surface area contributed by atoms with Crippen molar-refractivity contribution in [3.05, 3.63) is 52.7 Å². The van der Waals surface area contributed by atoms with E-state index in [9.17, 15) is 10.1 Å². The van der Waals surface area contributed by atoms with Gasteiger partial charge in [-0.3, -0.25) is 15.1 Å². The van der Waals surface area contributed by atoms with Crippen LogP contribution in [0.4, 0.5) is 5.69 Å². The summed E-state index contributed by atoms with van der Waals surface area (Å²) in [5, 5.41) is 15.7. The van der Waals surface area contributed by atoms with Crippen molar-refractivity contribution in [2.24, 2.45) is 0 Å². The lowest BCUT2D eigenvalue weighted by atomic mass is 10.0. The fourth-order valence-electron chi connectivity index (χ4n) is 2.20. The van der Waals surface area contributed by atoms with E-state index in [1.807, 2.05) is 6.92 Å². The maximum atomic E-state index is 11.4. The van der Waals surface area contributed by atoms with Gasteiger partial charge in [0.2, 0.25) is 0 Å². The lowest BCUT2D eigenvalue weighted by molar-refractivity contribution is -0.382. The average molecular weight is 269 g/mol. The predicted molar refractivity (Wildman–Crippen MR) is 72.3 cm³/mol. The number of nitrogens with zero attached hydrogens (tertiary/aromatic N) is 5. The highest BCUT2D eigenvalue weighted by Crippen LogP contribution is 2.34. The molecule has 0 saturated heterocycles. The molecular formula is C13H11N5O2. The van der Waals surface area contributed by atoms with E-state index in [1.165, 1.54) is 17.0 Å². The molecule has 7 nitrogen and oxygen atoms in total. The molecule has 0 fully saturated rings. The van der Waals surface area contributed by atoms with Gasteiger partial charge < -0.3 is 0 Å². The zero-order valence-corrected chi connectivity index (χ0v) is 10.7. The first-order valence-electron chi connectivity index (χ1n) is 6.12. The van der Waals surface area contributed by atoms with Crippen LogP contribution in [0, 0.1) is 10.1 Å². The minimum atomic E-state index is -0.405. The summed E-state index contributed by atoms with van der Waals surface area (Å²) in [7, 11) is 0. The molecule has 0 spiro atoms. The van der Waals surface area contributed by atoms with Gasteiger partial charge in [-0.15, -0.1) is 0 Å². The summed E-state index contributed by atoms with van der Waals surface area (Å²) in [6, 6.07) is 3.34. The zero-order chi connectivity index (χ0) is 14.1. The average Bonchev–Trinajstić information content (AvgIpc) is 2.86. The molecule has 3 aromatic rings. The largest absolute Gasteiger partial charge is 0.322 e. The summed E-state index contributed by atoms with van der Waals surface area (Å²) in [5.41, 5.74) is 2.43. The predicted octanol–water partition coefficient (Wildman–Crippen LogP) is 2.26. The van der Waals surface area contributed by atoms with Gasteiger partial charge in [-0.1, -0.05) is 6.92 Å². The third kappa shape index (κ3) is 1.80. The monoisotopic (exact) mass is 269 g/mol. The van der Waals surface area contributed by atoms with Crippen LogP contribution in [-0.2, 0) is 6.42 Å². The van der Waals surface area contributed by atoms with E-state index in [1.54, 1.807) is 24.5 Å². The Labute approximate surface area is 114 Å². The SMILES string of the molecule is CCc1cnccc1-c1nn2cnccc2c1[N+](=O)[O-]. The number of fused-ring (bicyclic) bond motifs is 1. The van der Waals surface area contributed by atoms with Gasteiger partial charge in [0.05, 0.1) is 4.92 Å². The van der Waals surface area contributed by atoms with Gasteiger partial charge in [0, 0.05) is 24.2 Å². The molecule has 0 bridgehead atoms. The van der Waals surface area contributed by atoms with Gasteiger partial charge in [0.25, 0.3) is 0 Å². The van der Waals surface area contributed by atoms with E-state index in [4.69, 9.17) is 0 Å². The molecule has 0 N–H and O–H groups in total. The topological polar surface area (TPSA) is 86.2 Å². The van der Waals surface area contributed by atoms with Gasteiger partial charge in [0.1, 0.15) is 11.8 Å². The molecule has 0 radical (unpaired) electrons. The molecule has 20 heavy (non-hydrogen) atoms. The second-order valence-corrected chi connectivity index (χ2v) is 4.25. The Balaban J connectivity index is 2.36. The van der Waals surface area contributed by atoms with E-state index in [-0.39, 0.29) is 5.69 Å². The van der Waals surface area contributed by atoms with Gasteiger partial charge in [-0.05, 0) is 24.1 Å². The molecule has 0 saturated carbocycles. The van der Waals surface area contributed by atoms with Crippen LogP contribution in [-0.4, -0.2) is 24.5 Å². The first-order valence-corrected chi connectivity index (χ1v) is 6.12. The third-order valence-electron chi connectivity index (χ3n) is 3.14. The highest BCUT2D eigenvalue weighted by molar-refractivity contribution is 5.82. The van der Waals surface area contributed by atoms with Gasteiger partial charge in [-0.25, -0.2) is 9.50 Å². The van der Waals surface area contributed by atoms with Crippen LogP contribution < -0.4 is 0 Å². The number of aryl methyl sites for hydroxylation is 1. The highest BCUT2D eigenvalue weighted by Gasteiger charge is 2.25. The van der Waals surface area contributed by atoms with Crippen molar-refractivity contribution in [1.82, 2.24) is 19.6 Å². The summed E-state index contributed by atoms with van der Waals surface area (Å²) in [6.07, 6.45) is 7.02. The summed E-state index contributed by atoms with van der Waals surface area (Å²) in [5.74, 6) is 0. The number of rotatable bonds is 3. The van der Waals surface area contributed by atoms with Crippen molar-refractivity contribution < 1.29 is 4.92 Å². The van der Waals surface area contributed by atoms with Crippen molar-refractivity contribution in [1.29, 1.82) is 0 Å². The Kier molecular flexibility index (Phi) is 2.86. The number of hydrogen-bond donors (Lipinski definition) is 0. The summed E-state index contributed by atoms with van der Waals surface area (Å²) in [6.45, 7) is 1.98. The zero-order valence-electron chi connectivity index (χ0n) is 10.7. The van der Waals surface area contributed by atoms with E-state index in [0.29, 0.717) is 11.2 Å². The minimum Gasteiger partial charge on any atom is -0.264 e. The fourth-order valence-corrected chi connectivity index (χ4v) is 2.20. The van der Waals surface area contributed by atoms with Crippen LogP contribution in [0.1, 0.15) is 12.5 Å². The number of hydrogen-bond acceptors (Lipinski definition) is 5. The van der Waals surface area contributed by atoms with E-state index >= 15 is 0 Å². The van der Waals surface area contributed by atoms with Crippen LogP contribution in [0.15, 0.2) is 37.1 Å². The normalized spacial score (nSPS) is 10.8. The molecule has 0 unspecified atom stereocenters. The van der Waals surface area contributed by atoms with Gasteiger partial charge in [0.15, 0.2) is 5.69 Å². The molecule has 0 aliphatic heterocycles. The Morgan fingerprint density at radius 2 is 2.10 bits per heavy atom. The number of nitro groups is 1. The second kappa shape index (κ2) is 4.69. The molecule has 0 atom stereocenters. The van der Waals surface area contributed by atoms with Gasteiger partial charge >= 0.3 is 5.69 Å². The number of aromatic nitrogens is 4. The van der Waals surface area contributed by atoms with Gasteiger partial charge in [-0.2, -0.15) is 5.10 Å². The molecular weight excluding hydrogens is 258 g/mol. The molecule has 7 heteroatoms. The molecule has 0 amide bonds. The number of pyridine rings is 1. The van der Waals surface area contributed by atoms with Crippen molar-refractivity contribution in [3.8, 4) is 11.3 Å². The van der Waals surface area contributed by atoms with Crippen LogP contribution >= 0.6 is 0 Å². The summed E-state index contributed by atoms with van der Waals surface area (Å²) < 4.78 is 1.42. The van der Waals surface area contributed by atoms with Crippen molar-refractivity contribution in [3.63, 3.8) is 0 Å². The van der Waals surface area contributed by atoms with Crippen LogP contribution in [0.3, 0.4) is 0 Å². The van der Waals surface area contributed by atoms with Crippen molar-refractivity contribution >= 4 is 11.2 Å². The van der Waals surface area contributed by atoms with E-state index < -0.39 is 4.92 Å². The first-order chi connectivity index (χ1) is 9.72. The molecule has 100 valence electrons. The lowest BCUT2D eigenvalue weighted by Gasteiger charge is -2.03. The highest BCUT2D eigenvalue weighted by atomic mass is 16.6. The Morgan fingerprint density at radius 1 is 1.30 bits per heavy atom. The Morgan fingerprint density at radius 3 is 2.85 bits per heavy atom. The molecule has 3 rings (SSSR count). The quantitative estimate of drug-likeness (QED) is 0.537. The lowest BCUT2D eigenvalue weighted by Crippen LogP contribution is -1.94. The fraction of sp³-hybridized carbons (Fsp3) is 0.154. The molecule has 0 aliphatic carbocycles. The first kappa shape index (κ1) is 12.2. The third-order valence-corrected chi connectivity index (χ3v) is 3.14. The van der Waals surface area contributed by atoms with Crippen LogP contribution in [0.5, 0.6) is 0 Å². The minimum absolute atomic E-state index is 0.00620. The standard InChI is InChI=1S/C13H11N5O2/c1-2-9-7-14-5-3-10(9)12-13(18(19)20)11-4-6-15-8-17(11)16-12/h3-8H,2H2,1H3. The van der Waals surface area contributed by atoms with E-state index in [2.05, 4.69) is 15.1 Å². The molecule has 3 heterocycles. The summed E-state index contributed by atoms with van der Waals surface area (Å²) in [4.78, 5) is 19.0. The Hall–Kier alpha value is -2.83. The van der Waals surface area contributed by atoms with Crippen LogP contribution in [0.25, 0.3) is 16.8 Å². The molecule has 3 aromatic heterocycles. The van der Waals surface area contributed by atoms with Crippen molar-refractivity contribution in [2.75, 3.05) is 0 Å². The smallest absolute Gasteiger partial charge is 0.264 e. The van der Waals surface area contributed by atoms with Crippen molar-refractivity contribution in [2.45, 2.75) is 13.3 Å². The summed E-state index contributed by atoms with van der Waals surface area (Å²) >= 11 is 0. The van der Waals surface area contributed by atoms with E-state index in [0.717, 1.165) is 17.5 Å². The maximum absolute atomic E-state index is 11.4. The molecule has 0 aliphatic rings. The second-order valence-electron chi connectivity index (χ2n) is 4.25. The van der Waals surface area contributed by atoms with Crippen LogP contribution in [0.2, 0.25) is 0 Å². The molecule has 0 aromatic carbocycles. The Bertz CT molecular complexity index is 796. The maximum Gasteiger partial charge on any atom is 0.322 e.